The Morgan fingerprint density at radius 3 is 1.78 bits per heavy atom. The van der Waals surface area contributed by atoms with Gasteiger partial charge < -0.3 is 31.1 Å². The summed E-state index contributed by atoms with van der Waals surface area (Å²) in [4.78, 5) is 84.2. The molecule has 0 saturated carbocycles. The minimum atomic E-state index is -1.09. The van der Waals surface area contributed by atoms with Crippen molar-refractivity contribution in [2.24, 2.45) is 5.73 Å². The van der Waals surface area contributed by atoms with Crippen molar-refractivity contribution in [1.29, 1.82) is 0 Å². The molecule has 0 aliphatic rings. The third-order valence-electron chi connectivity index (χ3n) is 7.80. The molecule has 0 fully saturated rings. The number of nitrogens with one attached hydrogen (secondary N) is 2. The lowest BCUT2D eigenvalue weighted by molar-refractivity contribution is -0.385. The molecule has 58 heavy (non-hydrogen) atoms. The highest BCUT2D eigenvalue weighted by atomic mass is 32.2. The Kier molecular flexibility index (Phi) is 27.1. The van der Waals surface area contributed by atoms with Crippen LogP contribution < -0.4 is 16.4 Å². The number of nitro benzene ring substituents is 2. The molecular formula is C38H54N6O12S2. The molecule has 2 atom stereocenters. The first-order chi connectivity index (χ1) is 27.5. The summed E-state index contributed by atoms with van der Waals surface area (Å²) in [5, 5.41) is 46.1. The Morgan fingerprint density at radius 2 is 1.33 bits per heavy atom. The van der Waals surface area contributed by atoms with E-state index in [0.29, 0.717) is 12.6 Å². The maximum absolute atomic E-state index is 11.4. The van der Waals surface area contributed by atoms with Crippen molar-refractivity contribution in [2.45, 2.75) is 103 Å². The molecule has 0 aliphatic carbocycles. The zero-order valence-electron chi connectivity index (χ0n) is 33.1. The van der Waals surface area contributed by atoms with Gasteiger partial charge >= 0.3 is 11.9 Å². The number of nitrogens with zero attached hydrogens (tertiary/aromatic N) is 3. The summed E-state index contributed by atoms with van der Waals surface area (Å²) in [6.07, 6.45) is 12.3. The predicted octanol–water partition coefficient (Wildman–Crippen LogP) is 6.06. The van der Waals surface area contributed by atoms with Crippen LogP contribution in [0.25, 0.3) is 10.8 Å². The Bertz CT molecular complexity index is 1820. The van der Waals surface area contributed by atoms with Crippen molar-refractivity contribution >= 4 is 82.9 Å². The number of nitro groups is 2. The predicted molar refractivity (Wildman–Crippen MR) is 225 cm³/mol. The first-order valence-corrected chi connectivity index (χ1v) is 20.0. The van der Waals surface area contributed by atoms with Crippen LogP contribution in [0.4, 0.5) is 11.4 Å². The molecule has 6 N–H and O–H groups in total. The number of fused-ring (bicyclic) bond motifs is 1. The van der Waals surface area contributed by atoms with Gasteiger partial charge in [-0.25, -0.2) is 9.59 Å². The smallest absolute Gasteiger partial charge is 0.327 e. The summed E-state index contributed by atoms with van der Waals surface area (Å²) in [7, 11) is 0. The molecule has 1 heterocycles. The number of hydrogen-bond acceptors (Lipinski definition) is 13. The number of carboxylic acids is 2. The van der Waals surface area contributed by atoms with Gasteiger partial charge in [0.15, 0.2) is 12.6 Å². The number of hydrogen-bond donors (Lipinski definition) is 6. The highest BCUT2D eigenvalue weighted by Crippen LogP contribution is 2.33. The van der Waals surface area contributed by atoms with Gasteiger partial charge in [0, 0.05) is 84.3 Å². The number of unbranched alkanes of at least 4 members (excludes halogenated alkanes) is 6. The normalized spacial score (nSPS) is 11.1. The first-order valence-electron chi connectivity index (χ1n) is 18.4. The van der Waals surface area contributed by atoms with Crippen molar-refractivity contribution in [3.05, 3.63) is 74.0 Å². The fourth-order valence-electron chi connectivity index (χ4n) is 4.85. The number of aldehydes is 2. The summed E-state index contributed by atoms with van der Waals surface area (Å²) >= 11 is 5.07. The molecule has 2 amide bonds. The summed E-state index contributed by atoms with van der Waals surface area (Å²) in [5.74, 6) is -2.65. The number of aryl methyl sites for hydroxylation is 1. The van der Waals surface area contributed by atoms with E-state index >= 15 is 0 Å². The van der Waals surface area contributed by atoms with Crippen LogP contribution in [0.15, 0.2) is 47.6 Å². The highest BCUT2D eigenvalue weighted by molar-refractivity contribution is 7.99. The zero-order chi connectivity index (χ0) is 44.2. The number of carboxylic acid groups (broad SMARTS) is 2. The van der Waals surface area contributed by atoms with Crippen LogP contribution in [0.3, 0.4) is 0 Å². The molecule has 18 nitrogen and oxygen atoms in total. The highest BCUT2D eigenvalue weighted by Gasteiger charge is 2.21. The number of aliphatic carboxylic acids is 2. The maximum Gasteiger partial charge on any atom is 0.327 e. The molecule has 0 saturated heterocycles. The van der Waals surface area contributed by atoms with Gasteiger partial charge in [0.1, 0.15) is 12.1 Å². The van der Waals surface area contributed by atoms with E-state index in [0.717, 1.165) is 60.6 Å². The number of carbonyl (C=O) groups is 6. The molecule has 0 unspecified atom stereocenters. The SMILES string of the molecule is CC(=O)N[C@@H](CS)C(=O)O.CCCCCCN.CCCCCCn1cc2cc([N+](=O)[O-])ccc2c1SC[C@H](NC(C)=O)C(=O)O.O=Cc1ccc([N+](=O)[O-])cc1C=O. The average Bonchev–Trinajstić information content (AvgIpc) is 3.53. The Labute approximate surface area is 346 Å². The van der Waals surface area contributed by atoms with Crippen LogP contribution >= 0.6 is 24.4 Å². The Hall–Kier alpha value is -5.34. The second kappa shape index (κ2) is 29.8. The van der Waals surface area contributed by atoms with Crippen LogP contribution in [0, 0.1) is 20.2 Å². The molecule has 0 bridgehead atoms. The number of thiol groups is 1. The van der Waals surface area contributed by atoms with Gasteiger partial charge in [-0.3, -0.25) is 39.4 Å². The van der Waals surface area contributed by atoms with Crippen LogP contribution in [0.1, 0.15) is 99.8 Å². The van der Waals surface area contributed by atoms with Gasteiger partial charge in [-0.2, -0.15) is 12.6 Å². The van der Waals surface area contributed by atoms with E-state index in [4.69, 9.17) is 10.8 Å². The number of aromatic nitrogens is 1. The molecular weight excluding hydrogens is 797 g/mol. The number of carbonyl (C=O) groups excluding carboxylic acids is 4. The van der Waals surface area contributed by atoms with Gasteiger partial charge in [0.25, 0.3) is 11.4 Å². The van der Waals surface area contributed by atoms with Gasteiger partial charge in [0.2, 0.25) is 11.8 Å². The summed E-state index contributed by atoms with van der Waals surface area (Å²) in [5.41, 5.74) is 5.28. The van der Waals surface area contributed by atoms with E-state index in [1.807, 2.05) is 10.8 Å². The lowest BCUT2D eigenvalue weighted by Gasteiger charge is -2.14. The van der Waals surface area contributed by atoms with Crippen LogP contribution in [0.2, 0.25) is 0 Å². The number of benzene rings is 2. The molecule has 0 spiro atoms. The minimum absolute atomic E-state index is 0.0221. The molecule has 0 aliphatic heterocycles. The quantitative estimate of drug-likeness (QED) is 0.0177. The van der Waals surface area contributed by atoms with E-state index in [2.05, 4.69) is 37.1 Å². The summed E-state index contributed by atoms with van der Waals surface area (Å²) in [6, 6.07) is 6.30. The number of non-ortho nitro benzene ring substituents is 2. The molecule has 3 rings (SSSR count). The lowest BCUT2D eigenvalue weighted by atomic mass is 10.1. The maximum atomic E-state index is 11.4. The monoisotopic (exact) mass is 850 g/mol. The van der Waals surface area contributed by atoms with E-state index < -0.39 is 39.8 Å². The van der Waals surface area contributed by atoms with Crippen molar-refractivity contribution < 1.29 is 48.8 Å². The fraction of sp³-hybridized carbons (Fsp3) is 0.474. The molecule has 0 radical (unpaired) electrons. The number of rotatable bonds is 21. The average molecular weight is 851 g/mol. The second-order valence-electron chi connectivity index (χ2n) is 12.5. The minimum Gasteiger partial charge on any atom is -0.480 e. The first kappa shape index (κ1) is 52.7. The second-order valence-corrected chi connectivity index (χ2v) is 13.9. The third-order valence-corrected chi connectivity index (χ3v) is 9.39. The van der Waals surface area contributed by atoms with E-state index in [-0.39, 0.29) is 39.9 Å². The van der Waals surface area contributed by atoms with Crippen molar-refractivity contribution in [2.75, 3.05) is 18.1 Å². The van der Waals surface area contributed by atoms with Crippen LogP contribution in [-0.2, 0) is 25.7 Å². The van der Waals surface area contributed by atoms with Gasteiger partial charge in [0.05, 0.1) is 14.9 Å². The van der Waals surface area contributed by atoms with Crippen LogP contribution in [-0.4, -0.2) is 91.1 Å². The van der Waals surface area contributed by atoms with Crippen LogP contribution in [0.5, 0.6) is 0 Å². The summed E-state index contributed by atoms with van der Waals surface area (Å²) < 4.78 is 2.03. The fourth-order valence-corrected chi connectivity index (χ4v) is 6.30. The third kappa shape index (κ3) is 20.7. The molecule has 1 aromatic heterocycles. The van der Waals surface area contributed by atoms with Crippen molar-refractivity contribution in [1.82, 2.24) is 15.2 Å². The zero-order valence-corrected chi connectivity index (χ0v) is 34.8. The molecule has 320 valence electrons. The molecule has 2 aromatic carbocycles. The lowest BCUT2D eigenvalue weighted by Crippen LogP contribution is -2.41. The number of amides is 2. The largest absolute Gasteiger partial charge is 0.480 e. The number of nitrogens with two attached hydrogens (primary N) is 1. The van der Waals surface area contributed by atoms with E-state index in [1.165, 1.54) is 75.6 Å². The van der Waals surface area contributed by atoms with E-state index in [1.54, 1.807) is 6.07 Å². The molecule has 20 heteroatoms. The Balaban J connectivity index is 0.000000890. The number of thioether (sulfide) groups is 1. The topological polar surface area (TPSA) is 284 Å². The van der Waals surface area contributed by atoms with Crippen molar-refractivity contribution in [3.8, 4) is 0 Å². The van der Waals surface area contributed by atoms with Crippen molar-refractivity contribution in [3.63, 3.8) is 0 Å². The standard InChI is InChI=1S/C19H25N3O5S.C8H5NO4.C6H15N.C5H9NO3S/c1-3-4-5-6-9-21-11-14-10-15(22(26)27)7-8-16(14)18(21)28-12-17(19(24)25)20-13(2)23;10-4-6-1-2-8(9(12)13)3-7(6)5-11;1-2-3-4-5-6-7;1-3(7)6-4(2-10)5(8)9/h7-8,10-11,17H,3-6,9,12H2,1-2H3,(H,20,23)(H,24,25);1-5H;2-7H2,1H3;4,10H,2H2,1H3,(H,6,7)(H,8,9)/t17-;;;4-/m0..0/s1. The van der Waals surface area contributed by atoms with E-state index in [9.17, 15) is 54.1 Å². The van der Waals surface area contributed by atoms with Gasteiger partial charge in [-0.05, 0) is 31.5 Å². The van der Waals surface area contributed by atoms with Gasteiger partial charge in [-0.1, -0.05) is 52.4 Å². The summed E-state index contributed by atoms with van der Waals surface area (Å²) in [6.45, 7) is 8.50. The molecule has 3 aromatic rings. The Morgan fingerprint density at radius 1 is 0.810 bits per heavy atom. The van der Waals surface area contributed by atoms with Gasteiger partial charge in [-0.15, -0.1) is 11.8 Å².